The minimum absolute atomic E-state index is 0.169. The summed E-state index contributed by atoms with van der Waals surface area (Å²) in [5.41, 5.74) is 7.19. The van der Waals surface area contributed by atoms with Gasteiger partial charge in [-0.25, -0.2) is 4.68 Å². The Bertz CT molecular complexity index is 1040. The molecule has 0 radical (unpaired) electrons. The minimum atomic E-state index is -0.306. The van der Waals surface area contributed by atoms with Crippen molar-refractivity contribution in [3.8, 4) is 16.3 Å². The third kappa shape index (κ3) is 4.17. The van der Waals surface area contributed by atoms with Crippen LogP contribution in [0.2, 0.25) is 10.0 Å². The first kappa shape index (κ1) is 19.9. The number of primary amides is 1. The van der Waals surface area contributed by atoms with Gasteiger partial charge in [0.15, 0.2) is 5.69 Å². The molecular formula is C20H18Cl2N4O2S. The van der Waals surface area contributed by atoms with E-state index in [9.17, 15) is 9.59 Å². The van der Waals surface area contributed by atoms with E-state index in [1.165, 1.54) is 0 Å². The fraction of sp³-hybridized carbons (Fsp3) is 0.250. The second-order valence-electron chi connectivity index (χ2n) is 6.90. The van der Waals surface area contributed by atoms with Gasteiger partial charge in [-0.15, -0.1) is 11.3 Å². The Balaban J connectivity index is 1.68. The molecule has 0 aliphatic carbocycles. The number of piperidine rings is 1. The number of nitrogens with zero attached hydrogens (tertiary/aromatic N) is 3. The fourth-order valence-corrected chi connectivity index (χ4v) is 4.71. The van der Waals surface area contributed by atoms with Crippen molar-refractivity contribution < 1.29 is 9.59 Å². The van der Waals surface area contributed by atoms with E-state index in [4.69, 9.17) is 28.9 Å². The van der Waals surface area contributed by atoms with E-state index in [0.29, 0.717) is 47.4 Å². The largest absolute Gasteiger partial charge is 0.369 e. The fourth-order valence-electron chi connectivity index (χ4n) is 3.47. The molecule has 29 heavy (non-hydrogen) atoms. The highest BCUT2D eigenvalue weighted by atomic mass is 35.5. The van der Waals surface area contributed by atoms with Crippen LogP contribution in [0.15, 0.2) is 41.8 Å². The highest BCUT2D eigenvalue weighted by molar-refractivity contribution is 7.13. The molecule has 2 aromatic heterocycles. The van der Waals surface area contributed by atoms with Gasteiger partial charge in [0.05, 0.1) is 16.3 Å². The maximum Gasteiger partial charge on any atom is 0.274 e. The summed E-state index contributed by atoms with van der Waals surface area (Å²) < 4.78 is 1.69. The summed E-state index contributed by atoms with van der Waals surface area (Å²) in [5.74, 6) is -0.649. The molecule has 3 aromatic rings. The summed E-state index contributed by atoms with van der Waals surface area (Å²) >= 11 is 13.9. The normalized spacial score (nSPS) is 14.9. The summed E-state index contributed by atoms with van der Waals surface area (Å²) in [7, 11) is 0. The van der Waals surface area contributed by atoms with Gasteiger partial charge in [-0.2, -0.15) is 5.10 Å². The number of hydrogen-bond acceptors (Lipinski definition) is 4. The molecule has 1 aliphatic heterocycles. The third-order valence-corrected chi connectivity index (χ3v) is 6.31. The van der Waals surface area contributed by atoms with Crippen molar-refractivity contribution in [1.29, 1.82) is 0 Å². The topological polar surface area (TPSA) is 81.2 Å². The van der Waals surface area contributed by atoms with Gasteiger partial charge >= 0.3 is 0 Å². The molecule has 0 atom stereocenters. The van der Waals surface area contributed by atoms with E-state index in [1.54, 1.807) is 45.2 Å². The maximum absolute atomic E-state index is 13.1. The second-order valence-corrected chi connectivity index (χ2v) is 8.72. The lowest BCUT2D eigenvalue weighted by molar-refractivity contribution is -0.123. The lowest BCUT2D eigenvalue weighted by Crippen LogP contribution is -2.41. The Kier molecular flexibility index (Phi) is 5.63. The lowest BCUT2D eigenvalue weighted by atomic mass is 9.96. The van der Waals surface area contributed by atoms with Gasteiger partial charge in [0.2, 0.25) is 5.91 Å². The molecular weight excluding hydrogens is 431 g/mol. The summed E-state index contributed by atoms with van der Waals surface area (Å²) in [6.45, 7) is 0.966. The van der Waals surface area contributed by atoms with E-state index < -0.39 is 0 Å². The molecule has 0 unspecified atom stereocenters. The number of aromatic nitrogens is 2. The number of halogens is 2. The van der Waals surface area contributed by atoms with Crippen molar-refractivity contribution in [1.82, 2.24) is 14.7 Å². The Morgan fingerprint density at radius 1 is 1.10 bits per heavy atom. The Morgan fingerprint density at radius 3 is 2.38 bits per heavy atom. The van der Waals surface area contributed by atoms with E-state index in [1.807, 2.05) is 17.5 Å². The molecule has 2 N–H and O–H groups in total. The average molecular weight is 449 g/mol. The van der Waals surface area contributed by atoms with Gasteiger partial charge in [-0.1, -0.05) is 29.3 Å². The van der Waals surface area contributed by atoms with Gasteiger partial charge < -0.3 is 10.6 Å². The standard InChI is InChI=1S/C20H18Cl2N4O2S/c21-13-8-14(22)10-15(9-13)26-17(18-2-1-7-29-18)11-16(24-26)20(28)25-5-3-12(4-6-25)19(23)27/h1-2,7-12H,3-6H2,(H2,23,27). The van der Waals surface area contributed by atoms with Crippen molar-refractivity contribution >= 4 is 46.4 Å². The van der Waals surface area contributed by atoms with Crippen LogP contribution in [-0.2, 0) is 4.79 Å². The molecule has 4 rings (SSSR count). The lowest BCUT2D eigenvalue weighted by Gasteiger charge is -2.29. The van der Waals surface area contributed by atoms with Gasteiger partial charge in [-0.3, -0.25) is 9.59 Å². The summed E-state index contributed by atoms with van der Waals surface area (Å²) in [4.78, 5) is 27.1. The molecule has 150 valence electrons. The highest BCUT2D eigenvalue weighted by Gasteiger charge is 2.28. The number of carbonyl (C=O) groups excluding carboxylic acids is 2. The number of carbonyl (C=O) groups is 2. The monoisotopic (exact) mass is 448 g/mol. The Hall–Kier alpha value is -2.35. The van der Waals surface area contributed by atoms with E-state index in [0.717, 1.165) is 10.6 Å². The van der Waals surface area contributed by atoms with Gasteiger partial charge in [0.25, 0.3) is 5.91 Å². The van der Waals surface area contributed by atoms with E-state index in [2.05, 4.69) is 5.10 Å². The van der Waals surface area contributed by atoms with Crippen LogP contribution in [0.3, 0.4) is 0 Å². The summed E-state index contributed by atoms with van der Waals surface area (Å²) in [6, 6.07) is 10.8. The number of amides is 2. The first-order valence-corrected chi connectivity index (χ1v) is 10.7. The molecule has 1 saturated heterocycles. The van der Waals surface area contributed by atoms with Crippen LogP contribution in [0, 0.1) is 5.92 Å². The Morgan fingerprint density at radius 2 is 1.79 bits per heavy atom. The molecule has 9 heteroatoms. The van der Waals surface area contributed by atoms with Crippen molar-refractivity contribution in [2.24, 2.45) is 11.7 Å². The van der Waals surface area contributed by atoms with Crippen molar-refractivity contribution in [3.05, 3.63) is 57.5 Å². The number of thiophene rings is 1. The van der Waals surface area contributed by atoms with Crippen LogP contribution in [-0.4, -0.2) is 39.6 Å². The van der Waals surface area contributed by atoms with E-state index >= 15 is 0 Å². The second kappa shape index (κ2) is 8.18. The number of rotatable bonds is 4. The summed E-state index contributed by atoms with van der Waals surface area (Å²) in [5, 5.41) is 7.51. The smallest absolute Gasteiger partial charge is 0.274 e. The molecule has 6 nitrogen and oxygen atoms in total. The van der Waals surface area contributed by atoms with Gasteiger partial charge in [0.1, 0.15) is 0 Å². The molecule has 1 aliphatic rings. The zero-order valence-electron chi connectivity index (χ0n) is 15.3. The number of nitrogens with two attached hydrogens (primary N) is 1. The van der Waals surface area contributed by atoms with Crippen LogP contribution in [0.4, 0.5) is 0 Å². The minimum Gasteiger partial charge on any atom is -0.369 e. The number of likely N-dealkylation sites (tertiary alicyclic amines) is 1. The van der Waals surface area contributed by atoms with Gasteiger partial charge in [0, 0.05) is 29.1 Å². The zero-order valence-corrected chi connectivity index (χ0v) is 17.7. The number of hydrogen-bond donors (Lipinski definition) is 1. The molecule has 1 aromatic carbocycles. The third-order valence-electron chi connectivity index (χ3n) is 4.98. The molecule has 0 saturated carbocycles. The van der Waals surface area contributed by atoms with E-state index in [-0.39, 0.29) is 17.7 Å². The van der Waals surface area contributed by atoms with Crippen LogP contribution in [0.25, 0.3) is 16.3 Å². The average Bonchev–Trinajstić information content (AvgIpc) is 3.36. The van der Waals surface area contributed by atoms with Crippen LogP contribution >= 0.6 is 34.5 Å². The van der Waals surface area contributed by atoms with Crippen LogP contribution in [0.1, 0.15) is 23.3 Å². The van der Waals surface area contributed by atoms with Crippen molar-refractivity contribution in [2.45, 2.75) is 12.8 Å². The quantitative estimate of drug-likeness (QED) is 0.647. The zero-order chi connectivity index (χ0) is 20.5. The molecule has 1 fully saturated rings. The predicted octanol–water partition coefficient (Wildman–Crippen LogP) is 4.25. The predicted molar refractivity (Wildman–Crippen MR) is 115 cm³/mol. The highest BCUT2D eigenvalue weighted by Crippen LogP contribution is 2.31. The van der Waals surface area contributed by atoms with Crippen molar-refractivity contribution in [2.75, 3.05) is 13.1 Å². The van der Waals surface area contributed by atoms with Crippen LogP contribution < -0.4 is 5.73 Å². The summed E-state index contributed by atoms with van der Waals surface area (Å²) in [6.07, 6.45) is 1.15. The number of benzene rings is 1. The van der Waals surface area contributed by atoms with Gasteiger partial charge in [-0.05, 0) is 48.6 Å². The van der Waals surface area contributed by atoms with Crippen LogP contribution in [0.5, 0.6) is 0 Å². The Labute approximate surface area is 181 Å². The molecule has 0 bridgehead atoms. The first-order valence-electron chi connectivity index (χ1n) is 9.11. The molecule has 3 heterocycles. The first-order chi connectivity index (χ1) is 13.9. The molecule has 0 spiro atoms. The molecule has 2 amide bonds. The van der Waals surface area contributed by atoms with Crippen molar-refractivity contribution in [3.63, 3.8) is 0 Å². The SMILES string of the molecule is NC(=O)C1CCN(C(=O)c2cc(-c3cccs3)n(-c3cc(Cl)cc(Cl)c3)n2)CC1. The maximum atomic E-state index is 13.1.